The number of hydrazine groups is 1. The Hall–Kier alpha value is -1.68. The van der Waals surface area contributed by atoms with Crippen LogP contribution in [0.5, 0.6) is 0 Å². The van der Waals surface area contributed by atoms with Gasteiger partial charge in [0, 0.05) is 4.88 Å². The first-order valence-corrected chi connectivity index (χ1v) is 7.72. The van der Waals surface area contributed by atoms with Crippen molar-refractivity contribution in [2.24, 2.45) is 5.84 Å². The lowest BCUT2D eigenvalue weighted by Gasteiger charge is -2.17. The molecule has 1 heterocycles. The van der Waals surface area contributed by atoms with E-state index in [0.29, 0.717) is 0 Å². The molecule has 0 amide bonds. The van der Waals surface area contributed by atoms with Gasteiger partial charge in [-0.15, -0.1) is 11.3 Å². The molecule has 0 bridgehead atoms. The van der Waals surface area contributed by atoms with Crippen LogP contribution in [-0.2, 0) is 6.42 Å². The Balaban J connectivity index is 2.07. The Kier molecular flexibility index (Phi) is 3.83. The lowest BCUT2D eigenvalue weighted by Crippen LogP contribution is -2.28. The van der Waals surface area contributed by atoms with Gasteiger partial charge in [0.15, 0.2) is 0 Å². The van der Waals surface area contributed by atoms with E-state index in [0.717, 1.165) is 6.42 Å². The standard InChI is InChI=1S/C17H18N2S/c1-2-12-9-10-20-17(12)16(19-18)15-8-7-13-5-3-4-6-14(13)11-15/h3-11,16,19H,2,18H2,1H3. The molecule has 1 atom stereocenters. The number of benzene rings is 2. The minimum atomic E-state index is 0.0644. The fourth-order valence-electron chi connectivity index (χ4n) is 2.60. The van der Waals surface area contributed by atoms with Crippen LogP contribution in [0.4, 0.5) is 0 Å². The van der Waals surface area contributed by atoms with Gasteiger partial charge in [-0.2, -0.15) is 0 Å². The van der Waals surface area contributed by atoms with Gasteiger partial charge in [-0.1, -0.05) is 43.3 Å². The molecule has 102 valence electrons. The molecule has 0 aliphatic heterocycles. The molecule has 3 heteroatoms. The number of hydrogen-bond acceptors (Lipinski definition) is 3. The lowest BCUT2D eigenvalue weighted by molar-refractivity contribution is 0.642. The van der Waals surface area contributed by atoms with Gasteiger partial charge >= 0.3 is 0 Å². The zero-order valence-electron chi connectivity index (χ0n) is 11.5. The highest BCUT2D eigenvalue weighted by Crippen LogP contribution is 2.31. The van der Waals surface area contributed by atoms with Crippen LogP contribution < -0.4 is 11.3 Å². The maximum Gasteiger partial charge on any atom is 0.0805 e. The van der Waals surface area contributed by atoms with Gasteiger partial charge < -0.3 is 0 Å². The van der Waals surface area contributed by atoms with Crippen LogP contribution in [0.2, 0.25) is 0 Å². The van der Waals surface area contributed by atoms with Crippen LogP contribution in [0.3, 0.4) is 0 Å². The van der Waals surface area contributed by atoms with E-state index < -0.39 is 0 Å². The number of nitrogens with two attached hydrogens (primary N) is 1. The number of nitrogens with one attached hydrogen (secondary N) is 1. The summed E-state index contributed by atoms with van der Waals surface area (Å²) < 4.78 is 0. The lowest BCUT2D eigenvalue weighted by atomic mass is 9.99. The first-order chi connectivity index (χ1) is 9.83. The van der Waals surface area contributed by atoms with Gasteiger partial charge in [0.2, 0.25) is 0 Å². The van der Waals surface area contributed by atoms with E-state index >= 15 is 0 Å². The summed E-state index contributed by atoms with van der Waals surface area (Å²) in [4.78, 5) is 1.31. The Labute approximate surface area is 123 Å². The molecule has 2 nitrogen and oxygen atoms in total. The van der Waals surface area contributed by atoms with Crippen LogP contribution in [0.25, 0.3) is 10.8 Å². The number of aryl methyl sites for hydroxylation is 1. The Morgan fingerprint density at radius 2 is 1.90 bits per heavy atom. The predicted molar refractivity (Wildman–Crippen MR) is 86.8 cm³/mol. The minimum Gasteiger partial charge on any atom is -0.271 e. The molecular formula is C17H18N2S. The molecule has 0 radical (unpaired) electrons. The quantitative estimate of drug-likeness (QED) is 0.560. The maximum atomic E-state index is 5.82. The second-order valence-corrected chi connectivity index (χ2v) is 5.82. The van der Waals surface area contributed by atoms with E-state index in [2.05, 4.69) is 66.3 Å². The third-order valence-electron chi connectivity index (χ3n) is 3.70. The van der Waals surface area contributed by atoms with E-state index in [9.17, 15) is 0 Å². The summed E-state index contributed by atoms with van der Waals surface area (Å²) in [5, 5.41) is 4.65. The third-order valence-corrected chi connectivity index (χ3v) is 4.72. The fraction of sp³-hybridized carbons (Fsp3) is 0.176. The summed E-state index contributed by atoms with van der Waals surface area (Å²) in [6.45, 7) is 2.18. The SMILES string of the molecule is CCc1ccsc1C(NN)c1ccc2ccccc2c1. The van der Waals surface area contributed by atoms with Gasteiger partial charge in [0.1, 0.15) is 0 Å². The molecule has 0 saturated heterocycles. The number of rotatable bonds is 4. The van der Waals surface area contributed by atoms with E-state index in [1.165, 1.54) is 26.8 Å². The number of fused-ring (bicyclic) bond motifs is 1. The third kappa shape index (κ3) is 2.36. The monoisotopic (exact) mass is 282 g/mol. The molecule has 2 aromatic carbocycles. The van der Waals surface area contributed by atoms with Crippen molar-refractivity contribution < 1.29 is 0 Å². The number of thiophene rings is 1. The van der Waals surface area contributed by atoms with E-state index in [4.69, 9.17) is 5.84 Å². The summed E-state index contributed by atoms with van der Waals surface area (Å²) >= 11 is 1.76. The molecule has 0 fully saturated rings. The van der Waals surface area contributed by atoms with Crippen molar-refractivity contribution >= 4 is 22.1 Å². The van der Waals surface area contributed by atoms with Crippen LogP contribution in [0.1, 0.15) is 29.0 Å². The zero-order chi connectivity index (χ0) is 13.9. The van der Waals surface area contributed by atoms with Crippen molar-refractivity contribution in [1.29, 1.82) is 0 Å². The van der Waals surface area contributed by atoms with Crippen LogP contribution >= 0.6 is 11.3 Å². The number of hydrogen-bond donors (Lipinski definition) is 2. The molecule has 3 N–H and O–H groups in total. The van der Waals surface area contributed by atoms with Crippen molar-refractivity contribution in [2.75, 3.05) is 0 Å². The minimum absolute atomic E-state index is 0.0644. The van der Waals surface area contributed by atoms with Crippen molar-refractivity contribution in [3.05, 3.63) is 69.9 Å². The molecular weight excluding hydrogens is 264 g/mol. The van der Waals surface area contributed by atoms with Crippen LogP contribution in [-0.4, -0.2) is 0 Å². The van der Waals surface area contributed by atoms with Crippen molar-refractivity contribution in [3.8, 4) is 0 Å². The second kappa shape index (κ2) is 5.75. The van der Waals surface area contributed by atoms with Crippen LogP contribution in [0.15, 0.2) is 53.9 Å². The van der Waals surface area contributed by atoms with Gasteiger partial charge in [-0.05, 0) is 45.8 Å². The maximum absolute atomic E-state index is 5.82. The van der Waals surface area contributed by atoms with E-state index in [-0.39, 0.29) is 6.04 Å². The molecule has 1 aromatic heterocycles. The van der Waals surface area contributed by atoms with Gasteiger partial charge in [0.25, 0.3) is 0 Å². The summed E-state index contributed by atoms with van der Waals surface area (Å²) in [7, 11) is 0. The topological polar surface area (TPSA) is 38.0 Å². The smallest absolute Gasteiger partial charge is 0.0805 e. The zero-order valence-corrected chi connectivity index (χ0v) is 12.3. The highest BCUT2D eigenvalue weighted by atomic mass is 32.1. The second-order valence-electron chi connectivity index (χ2n) is 4.87. The largest absolute Gasteiger partial charge is 0.271 e. The molecule has 0 saturated carbocycles. The van der Waals surface area contributed by atoms with Gasteiger partial charge in [-0.25, -0.2) is 5.43 Å². The van der Waals surface area contributed by atoms with Crippen molar-refractivity contribution in [2.45, 2.75) is 19.4 Å². The average Bonchev–Trinajstić information content (AvgIpc) is 2.96. The molecule has 1 unspecified atom stereocenters. The fourth-order valence-corrected chi connectivity index (χ4v) is 3.69. The molecule has 3 rings (SSSR count). The van der Waals surface area contributed by atoms with E-state index in [1.54, 1.807) is 11.3 Å². The van der Waals surface area contributed by atoms with Crippen LogP contribution in [0, 0.1) is 0 Å². The first kappa shape index (κ1) is 13.3. The molecule has 20 heavy (non-hydrogen) atoms. The molecule has 3 aromatic rings. The summed E-state index contributed by atoms with van der Waals surface area (Å²) in [6.07, 6.45) is 1.03. The Morgan fingerprint density at radius 3 is 2.65 bits per heavy atom. The van der Waals surface area contributed by atoms with Crippen molar-refractivity contribution in [3.63, 3.8) is 0 Å². The molecule has 0 aliphatic rings. The van der Waals surface area contributed by atoms with Crippen molar-refractivity contribution in [1.82, 2.24) is 5.43 Å². The van der Waals surface area contributed by atoms with Gasteiger partial charge in [-0.3, -0.25) is 5.84 Å². The predicted octanol–water partition coefficient (Wildman–Crippen LogP) is 4.02. The normalized spacial score (nSPS) is 12.7. The highest BCUT2D eigenvalue weighted by molar-refractivity contribution is 7.10. The summed E-state index contributed by atoms with van der Waals surface area (Å²) in [6, 6.07) is 17.2. The molecule has 0 spiro atoms. The Bertz CT molecular complexity index is 718. The molecule has 0 aliphatic carbocycles. The van der Waals surface area contributed by atoms with E-state index in [1.807, 2.05) is 0 Å². The summed E-state index contributed by atoms with van der Waals surface area (Å²) in [5.74, 6) is 5.82. The summed E-state index contributed by atoms with van der Waals surface area (Å²) in [5.41, 5.74) is 5.55. The highest BCUT2D eigenvalue weighted by Gasteiger charge is 2.17. The average molecular weight is 282 g/mol. The van der Waals surface area contributed by atoms with Gasteiger partial charge in [0.05, 0.1) is 6.04 Å². The first-order valence-electron chi connectivity index (χ1n) is 6.84. The Morgan fingerprint density at radius 1 is 1.10 bits per heavy atom.